The van der Waals surface area contributed by atoms with Crippen molar-refractivity contribution in [1.29, 1.82) is 0 Å². The van der Waals surface area contributed by atoms with E-state index in [1.807, 2.05) is 4.90 Å². The van der Waals surface area contributed by atoms with E-state index in [-0.39, 0.29) is 30.5 Å². The molecule has 0 radical (unpaired) electrons. The third kappa shape index (κ3) is 6.23. The van der Waals surface area contributed by atoms with Crippen LogP contribution in [0.4, 0.5) is 18.9 Å². The Bertz CT molecular complexity index is 582. The Morgan fingerprint density at radius 3 is 2.36 bits per heavy atom. The molecule has 1 aromatic rings. The highest BCUT2D eigenvalue weighted by Crippen LogP contribution is 2.24. The number of benzene rings is 1. The van der Waals surface area contributed by atoms with Gasteiger partial charge in [0.25, 0.3) is 0 Å². The lowest BCUT2D eigenvalue weighted by Gasteiger charge is -2.38. The van der Waals surface area contributed by atoms with Gasteiger partial charge in [0.1, 0.15) is 0 Å². The summed E-state index contributed by atoms with van der Waals surface area (Å²) in [6.45, 7) is 7.19. The summed E-state index contributed by atoms with van der Waals surface area (Å²) >= 11 is 0. The van der Waals surface area contributed by atoms with E-state index in [0.29, 0.717) is 5.96 Å². The van der Waals surface area contributed by atoms with Crippen molar-refractivity contribution in [3.63, 3.8) is 0 Å². The van der Waals surface area contributed by atoms with Crippen molar-refractivity contribution in [3.05, 3.63) is 29.3 Å². The summed E-state index contributed by atoms with van der Waals surface area (Å²) in [5, 5.41) is 2.81. The molecule has 0 aliphatic carbocycles. The zero-order valence-corrected chi connectivity index (χ0v) is 17.2. The molecular formula is C17H26F3IN4. The molecule has 1 saturated heterocycles. The van der Waals surface area contributed by atoms with Crippen LogP contribution in [0, 0.1) is 13.8 Å². The molecule has 1 heterocycles. The Morgan fingerprint density at radius 1 is 1.16 bits per heavy atom. The minimum atomic E-state index is -4.15. The standard InChI is InChI=1S/C17H25F3N4.HI/c1-13-5-4-6-15(14(13)2)23-9-11-24(12-10-23)16(21-3)22-8-7-17(18,19)20;/h4-6H,7-12H2,1-3H3,(H,21,22);1H. The molecule has 0 amide bonds. The third-order valence-corrected chi connectivity index (χ3v) is 4.40. The Hall–Kier alpha value is -1.19. The normalized spacial score (nSPS) is 15.8. The van der Waals surface area contributed by atoms with Crippen LogP contribution in [0.1, 0.15) is 17.5 Å². The van der Waals surface area contributed by atoms with E-state index in [9.17, 15) is 13.2 Å². The number of hydrogen-bond acceptors (Lipinski definition) is 2. The van der Waals surface area contributed by atoms with Gasteiger partial charge in [0.05, 0.1) is 6.42 Å². The van der Waals surface area contributed by atoms with E-state index in [4.69, 9.17) is 0 Å². The van der Waals surface area contributed by atoms with Crippen molar-refractivity contribution < 1.29 is 13.2 Å². The van der Waals surface area contributed by atoms with Gasteiger partial charge in [-0.05, 0) is 31.0 Å². The first-order valence-electron chi connectivity index (χ1n) is 8.15. The first kappa shape index (κ1) is 21.9. The van der Waals surface area contributed by atoms with Crippen molar-refractivity contribution in [1.82, 2.24) is 10.2 Å². The van der Waals surface area contributed by atoms with Gasteiger partial charge in [-0.15, -0.1) is 24.0 Å². The van der Waals surface area contributed by atoms with Crippen molar-refractivity contribution in [2.45, 2.75) is 26.4 Å². The zero-order chi connectivity index (χ0) is 17.7. The van der Waals surface area contributed by atoms with Crippen LogP contribution in [0.25, 0.3) is 0 Å². The first-order chi connectivity index (χ1) is 11.3. The van der Waals surface area contributed by atoms with E-state index in [1.54, 1.807) is 7.05 Å². The molecule has 1 aliphatic heterocycles. The monoisotopic (exact) mass is 470 g/mol. The number of piperazine rings is 1. The lowest BCUT2D eigenvalue weighted by molar-refractivity contribution is -0.132. The average molecular weight is 470 g/mol. The third-order valence-electron chi connectivity index (χ3n) is 4.40. The van der Waals surface area contributed by atoms with Crippen LogP contribution >= 0.6 is 24.0 Å². The summed E-state index contributed by atoms with van der Waals surface area (Å²) in [5.41, 5.74) is 3.77. The summed E-state index contributed by atoms with van der Waals surface area (Å²) in [6.07, 6.45) is -5.00. The van der Waals surface area contributed by atoms with Gasteiger partial charge in [-0.1, -0.05) is 12.1 Å². The summed E-state index contributed by atoms with van der Waals surface area (Å²) < 4.78 is 36.8. The molecule has 1 fully saturated rings. The largest absolute Gasteiger partial charge is 0.390 e. The van der Waals surface area contributed by atoms with E-state index in [0.717, 1.165) is 26.2 Å². The highest BCUT2D eigenvalue weighted by Gasteiger charge is 2.27. The number of halogens is 4. The number of anilines is 1. The Kier molecular flexibility index (Phi) is 8.30. The van der Waals surface area contributed by atoms with Gasteiger partial charge in [-0.3, -0.25) is 4.99 Å². The molecule has 0 spiro atoms. The van der Waals surface area contributed by atoms with Crippen LogP contribution in [0.2, 0.25) is 0 Å². The maximum Gasteiger partial charge on any atom is 0.390 e. The van der Waals surface area contributed by atoms with Crippen molar-refractivity contribution >= 4 is 35.6 Å². The van der Waals surface area contributed by atoms with Crippen LogP contribution in [0.3, 0.4) is 0 Å². The van der Waals surface area contributed by atoms with E-state index in [1.165, 1.54) is 16.8 Å². The smallest absolute Gasteiger partial charge is 0.368 e. The fraction of sp³-hybridized carbons (Fsp3) is 0.588. The topological polar surface area (TPSA) is 30.9 Å². The van der Waals surface area contributed by atoms with Gasteiger partial charge in [0.15, 0.2) is 5.96 Å². The number of alkyl halides is 3. The summed E-state index contributed by atoms with van der Waals surface area (Å²) in [4.78, 5) is 8.44. The molecule has 0 unspecified atom stereocenters. The van der Waals surface area contributed by atoms with Crippen molar-refractivity contribution in [2.24, 2.45) is 4.99 Å². The average Bonchev–Trinajstić information content (AvgIpc) is 2.54. The number of nitrogens with one attached hydrogen (secondary N) is 1. The van der Waals surface area contributed by atoms with Gasteiger partial charge in [-0.2, -0.15) is 13.2 Å². The number of aryl methyl sites for hydroxylation is 1. The molecule has 4 nitrogen and oxygen atoms in total. The number of aliphatic imine (C=N–C) groups is 1. The SMILES string of the molecule is CN=C(NCCC(F)(F)F)N1CCN(c2cccc(C)c2C)CC1.I. The molecular weight excluding hydrogens is 444 g/mol. The van der Waals surface area contributed by atoms with Crippen molar-refractivity contribution in [2.75, 3.05) is 44.7 Å². The quantitative estimate of drug-likeness (QED) is 0.417. The molecule has 1 aliphatic rings. The van der Waals surface area contributed by atoms with Gasteiger partial charge in [0, 0.05) is 45.5 Å². The van der Waals surface area contributed by atoms with E-state index < -0.39 is 12.6 Å². The van der Waals surface area contributed by atoms with Gasteiger partial charge >= 0.3 is 6.18 Å². The minimum Gasteiger partial charge on any atom is -0.368 e. The Balaban J connectivity index is 0.00000312. The number of nitrogens with zero attached hydrogens (tertiary/aromatic N) is 3. The molecule has 0 atom stereocenters. The molecule has 142 valence electrons. The predicted octanol–water partition coefficient (Wildman–Crippen LogP) is 3.57. The Labute approximate surface area is 164 Å². The molecule has 8 heteroatoms. The molecule has 0 bridgehead atoms. The number of guanidine groups is 1. The second-order valence-corrected chi connectivity index (χ2v) is 6.03. The van der Waals surface area contributed by atoms with Gasteiger partial charge < -0.3 is 15.1 Å². The maximum atomic E-state index is 12.3. The summed E-state index contributed by atoms with van der Waals surface area (Å²) in [5.74, 6) is 0.542. The van der Waals surface area contributed by atoms with Crippen LogP contribution in [0.15, 0.2) is 23.2 Å². The molecule has 0 aromatic heterocycles. The van der Waals surface area contributed by atoms with Crippen molar-refractivity contribution in [3.8, 4) is 0 Å². The first-order valence-corrected chi connectivity index (χ1v) is 8.15. The second-order valence-electron chi connectivity index (χ2n) is 6.03. The van der Waals surface area contributed by atoms with Gasteiger partial charge in [0.2, 0.25) is 0 Å². The molecule has 0 saturated carbocycles. The fourth-order valence-corrected chi connectivity index (χ4v) is 2.89. The lowest BCUT2D eigenvalue weighted by atomic mass is 10.1. The Morgan fingerprint density at radius 2 is 1.80 bits per heavy atom. The zero-order valence-electron chi connectivity index (χ0n) is 14.9. The molecule has 1 N–H and O–H groups in total. The summed E-state index contributed by atoms with van der Waals surface area (Å²) in [7, 11) is 1.60. The fourth-order valence-electron chi connectivity index (χ4n) is 2.89. The summed E-state index contributed by atoms with van der Waals surface area (Å²) in [6, 6.07) is 6.28. The molecule has 1 aromatic carbocycles. The van der Waals surface area contributed by atoms with Crippen LogP contribution < -0.4 is 10.2 Å². The van der Waals surface area contributed by atoms with Crippen LogP contribution in [0.5, 0.6) is 0 Å². The lowest BCUT2D eigenvalue weighted by Crippen LogP contribution is -2.53. The minimum absolute atomic E-state index is 0. The number of hydrogen-bond donors (Lipinski definition) is 1. The highest BCUT2D eigenvalue weighted by atomic mass is 127. The second kappa shape index (κ2) is 9.49. The number of rotatable bonds is 3. The maximum absolute atomic E-state index is 12.3. The molecule has 25 heavy (non-hydrogen) atoms. The van der Waals surface area contributed by atoms with E-state index >= 15 is 0 Å². The molecule has 2 rings (SSSR count). The van der Waals surface area contributed by atoms with Crippen LogP contribution in [-0.2, 0) is 0 Å². The predicted molar refractivity (Wildman–Crippen MR) is 107 cm³/mol. The highest BCUT2D eigenvalue weighted by molar-refractivity contribution is 14.0. The van der Waals surface area contributed by atoms with Crippen LogP contribution in [-0.4, -0.2) is 56.8 Å². The van der Waals surface area contributed by atoms with Gasteiger partial charge in [-0.25, -0.2) is 0 Å². The van der Waals surface area contributed by atoms with E-state index in [2.05, 4.69) is 47.3 Å².